The summed E-state index contributed by atoms with van der Waals surface area (Å²) in [4.78, 5) is 16.2. The van der Waals surface area contributed by atoms with E-state index in [0.717, 1.165) is 24.1 Å². The lowest BCUT2D eigenvalue weighted by Gasteiger charge is -2.18. The first-order valence-electron chi connectivity index (χ1n) is 8.31. The first-order chi connectivity index (χ1) is 12.2. The molecule has 0 atom stereocenters. The molecule has 2 amide bonds. The van der Waals surface area contributed by atoms with E-state index in [9.17, 15) is 4.79 Å². The summed E-state index contributed by atoms with van der Waals surface area (Å²) < 4.78 is 10.7. The van der Waals surface area contributed by atoms with Crippen molar-refractivity contribution in [2.75, 3.05) is 20.8 Å². The third-order valence-electron chi connectivity index (χ3n) is 4.59. The molecule has 1 saturated carbocycles. The van der Waals surface area contributed by atoms with Crippen LogP contribution in [0.2, 0.25) is 0 Å². The number of nitrogens with zero attached hydrogens (tertiary/aromatic N) is 1. The summed E-state index contributed by atoms with van der Waals surface area (Å²) in [5.41, 5.74) is 1.98. The number of pyridine rings is 1. The van der Waals surface area contributed by atoms with Gasteiger partial charge in [-0.25, -0.2) is 4.79 Å². The number of hydrogen-bond donors (Lipinski definition) is 2. The molecule has 2 aromatic rings. The number of ether oxygens (including phenoxy) is 2. The molecule has 1 aromatic heterocycles. The molecule has 1 aliphatic carbocycles. The van der Waals surface area contributed by atoms with E-state index in [1.54, 1.807) is 20.4 Å². The van der Waals surface area contributed by atoms with Crippen molar-refractivity contribution >= 4 is 6.03 Å². The lowest BCUT2D eigenvalue weighted by Crippen LogP contribution is -2.39. The summed E-state index contributed by atoms with van der Waals surface area (Å²) in [6.07, 6.45) is 3.80. The van der Waals surface area contributed by atoms with Crippen molar-refractivity contribution < 1.29 is 14.3 Å². The Balaban J connectivity index is 1.56. The van der Waals surface area contributed by atoms with E-state index >= 15 is 0 Å². The predicted octanol–water partition coefficient (Wildman–Crippen LogP) is 2.63. The maximum absolute atomic E-state index is 12.1. The largest absolute Gasteiger partial charge is 0.493 e. The molecule has 1 aromatic carbocycles. The van der Waals surface area contributed by atoms with Crippen LogP contribution in [-0.4, -0.2) is 31.8 Å². The van der Waals surface area contributed by atoms with Crippen molar-refractivity contribution in [3.05, 3.63) is 53.9 Å². The summed E-state index contributed by atoms with van der Waals surface area (Å²) in [5, 5.41) is 5.80. The van der Waals surface area contributed by atoms with Crippen LogP contribution in [-0.2, 0) is 12.0 Å². The van der Waals surface area contributed by atoms with Crippen molar-refractivity contribution in [1.29, 1.82) is 0 Å². The molecule has 6 heteroatoms. The zero-order valence-corrected chi connectivity index (χ0v) is 14.5. The van der Waals surface area contributed by atoms with E-state index in [2.05, 4.69) is 15.6 Å². The maximum atomic E-state index is 12.1. The Morgan fingerprint density at radius 1 is 1.12 bits per heavy atom. The van der Waals surface area contributed by atoms with E-state index in [4.69, 9.17) is 9.47 Å². The normalized spacial score (nSPS) is 14.5. The van der Waals surface area contributed by atoms with Crippen molar-refractivity contribution in [2.45, 2.75) is 24.8 Å². The van der Waals surface area contributed by atoms with Crippen molar-refractivity contribution in [3.8, 4) is 11.5 Å². The van der Waals surface area contributed by atoms with Gasteiger partial charge in [0.05, 0.1) is 26.5 Å². The van der Waals surface area contributed by atoms with Crippen LogP contribution < -0.4 is 20.1 Å². The fraction of sp³-hybridized carbons (Fsp3) is 0.368. The third kappa shape index (κ3) is 4.02. The fourth-order valence-corrected chi connectivity index (χ4v) is 2.87. The Bertz CT molecular complexity index is 730. The second kappa shape index (κ2) is 7.42. The van der Waals surface area contributed by atoms with E-state index < -0.39 is 0 Å². The first-order valence-corrected chi connectivity index (χ1v) is 8.31. The highest BCUT2D eigenvalue weighted by molar-refractivity contribution is 5.74. The molecule has 0 spiro atoms. The van der Waals surface area contributed by atoms with Gasteiger partial charge < -0.3 is 20.1 Å². The molecule has 1 aliphatic rings. The molecular formula is C19H23N3O3. The Morgan fingerprint density at radius 3 is 2.56 bits per heavy atom. The fourth-order valence-electron chi connectivity index (χ4n) is 2.87. The average molecular weight is 341 g/mol. The summed E-state index contributed by atoms with van der Waals surface area (Å²) in [7, 11) is 3.25. The second-order valence-electron chi connectivity index (χ2n) is 6.21. The number of hydrogen-bond acceptors (Lipinski definition) is 4. The van der Waals surface area contributed by atoms with Crippen LogP contribution in [0.15, 0.2) is 42.6 Å². The summed E-state index contributed by atoms with van der Waals surface area (Å²) in [6, 6.07) is 11.4. The Labute approximate surface area is 147 Å². The topological polar surface area (TPSA) is 72.5 Å². The molecule has 0 aliphatic heterocycles. The number of nitrogens with one attached hydrogen (secondary N) is 2. The smallest absolute Gasteiger partial charge is 0.315 e. The highest BCUT2D eigenvalue weighted by Crippen LogP contribution is 2.49. The van der Waals surface area contributed by atoms with Gasteiger partial charge in [-0.15, -0.1) is 0 Å². The maximum Gasteiger partial charge on any atom is 0.315 e. The molecule has 25 heavy (non-hydrogen) atoms. The van der Waals surface area contributed by atoms with Gasteiger partial charge in [-0.3, -0.25) is 4.98 Å². The SMILES string of the molecule is COc1ccc(C2(CNC(=O)NCc3ccccn3)CC2)cc1OC. The van der Waals surface area contributed by atoms with Crippen LogP contribution in [0.4, 0.5) is 4.79 Å². The van der Waals surface area contributed by atoms with Crippen LogP contribution >= 0.6 is 0 Å². The monoisotopic (exact) mass is 341 g/mol. The number of benzene rings is 1. The number of amides is 2. The zero-order valence-electron chi connectivity index (χ0n) is 14.5. The Hall–Kier alpha value is -2.76. The van der Waals surface area contributed by atoms with Gasteiger partial charge in [0.1, 0.15) is 0 Å². The highest BCUT2D eigenvalue weighted by atomic mass is 16.5. The third-order valence-corrected chi connectivity index (χ3v) is 4.59. The summed E-state index contributed by atoms with van der Waals surface area (Å²) in [6.45, 7) is 1.01. The number of rotatable bonds is 7. The molecule has 132 valence electrons. The molecule has 0 saturated heterocycles. The van der Waals surface area contributed by atoms with Gasteiger partial charge in [-0.1, -0.05) is 12.1 Å². The lowest BCUT2D eigenvalue weighted by atomic mass is 9.95. The first kappa shape index (κ1) is 17.1. The van der Waals surface area contributed by atoms with Gasteiger partial charge in [0.25, 0.3) is 0 Å². The standard InChI is InChI=1S/C19H23N3O3/c1-24-16-7-6-14(11-17(16)25-2)19(8-9-19)13-22-18(23)21-12-15-5-3-4-10-20-15/h3-7,10-11H,8-9,12-13H2,1-2H3,(H2,21,22,23). The van der Waals surface area contributed by atoms with Crippen LogP contribution in [0.25, 0.3) is 0 Å². The van der Waals surface area contributed by atoms with E-state index in [-0.39, 0.29) is 11.4 Å². The molecular weight excluding hydrogens is 318 g/mol. The number of methoxy groups -OCH3 is 2. The predicted molar refractivity (Wildman–Crippen MR) is 94.9 cm³/mol. The average Bonchev–Trinajstić information content (AvgIpc) is 3.46. The molecule has 2 N–H and O–H groups in total. The molecule has 0 radical (unpaired) electrons. The molecule has 1 fully saturated rings. The van der Waals surface area contributed by atoms with Gasteiger partial charge in [0, 0.05) is 18.2 Å². The van der Waals surface area contributed by atoms with Gasteiger partial charge in [0.2, 0.25) is 0 Å². The Kier molecular flexibility index (Phi) is 5.07. The number of carbonyl (C=O) groups excluding carboxylic acids is 1. The van der Waals surface area contributed by atoms with Gasteiger partial charge in [-0.2, -0.15) is 0 Å². The zero-order chi connectivity index (χ0) is 17.7. The molecule has 1 heterocycles. The quantitative estimate of drug-likeness (QED) is 0.812. The molecule has 0 unspecified atom stereocenters. The van der Waals surface area contributed by atoms with E-state index in [1.807, 2.05) is 36.4 Å². The number of urea groups is 1. The van der Waals surface area contributed by atoms with Crippen LogP contribution in [0.3, 0.4) is 0 Å². The molecule has 0 bridgehead atoms. The second-order valence-corrected chi connectivity index (χ2v) is 6.21. The Morgan fingerprint density at radius 2 is 1.92 bits per heavy atom. The number of aromatic nitrogens is 1. The van der Waals surface area contributed by atoms with Crippen molar-refractivity contribution in [3.63, 3.8) is 0 Å². The van der Waals surface area contributed by atoms with E-state index in [0.29, 0.717) is 24.6 Å². The van der Waals surface area contributed by atoms with Gasteiger partial charge >= 0.3 is 6.03 Å². The minimum absolute atomic E-state index is 0.0120. The minimum atomic E-state index is -0.183. The molecule has 3 rings (SSSR count). The lowest BCUT2D eigenvalue weighted by molar-refractivity contribution is 0.239. The summed E-state index contributed by atoms with van der Waals surface area (Å²) >= 11 is 0. The van der Waals surface area contributed by atoms with Crippen molar-refractivity contribution in [1.82, 2.24) is 15.6 Å². The minimum Gasteiger partial charge on any atom is -0.493 e. The number of carbonyl (C=O) groups is 1. The highest BCUT2D eigenvalue weighted by Gasteiger charge is 2.44. The van der Waals surface area contributed by atoms with Gasteiger partial charge in [-0.05, 0) is 42.7 Å². The summed E-state index contributed by atoms with van der Waals surface area (Å²) in [5.74, 6) is 1.42. The van der Waals surface area contributed by atoms with Crippen molar-refractivity contribution in [2.24, 2.45) is 0 Å². The molecule has 6 nitrogen and oxygen atoms in total. The van der Waals surface area contributed by atoms with Crippen LogP contribution in [0.5, 0.6) is 11.5 Å². The van der Waals surface area contributed by atoms with Crippen LogP contribution in [0, 0.1) is 0 Å². The van der Waals surface area contributed by atoms with E-state index in [1.165, 1.54) is 0 Å². The van der Waals surface area contributed by atoms with Gasteiger partial charge in [0.15, 0.2) is 11.5 Å². The van der Waals surface area contributed by atoms with Crippen LogP contribution in [0.1, 0.15) is 24.1 Å².